The van der Waals surface area contributed by atoms with Gasteiger partial charge in [-0.25, -0.2) is 14.2 Å². The Bertz CT molecular complexity index is 668. The maximum absolute atomic E-state index is 13.6. The third-order valence-corrected chi connectivity index (χ3v) is 3.07. The Balaban J connectivity index is 2.23. The molecule has 1 heterocycles. The monoisotopic (exact) mass is 295 g/mol. The Morgan fingerprint density at radius 1 is 1.52 bits per heavy atom. The number of nitrogens with one attached hydrogen (secondary N) is 1. The molecule has 0 saturated carbocycles. The van der Waals surface area contributed by atoms with Crippen LogP contribution in [0.25, 0.3) is 11.0 Å². The minimum atomic E-state index is -0.490. The van der Waals surface area contributed by atoms with E-state index in [1.165, 1.54) is 18.1 Å². The van der Waals surface area contributed by atoms with E-state index in [1.807, 2.05) is 0 Å². The van der Waals surface area contributed by atoms with Crippen LogP contribution in [-0.4, -0.2) is 48.2 Å². The maximum Gasteiger partial charge on any atom is 0.316 e. The number of nitrogen functional groups attached to an aromatic ring is 1. The highest BCUT2D eigenvalue weighted by Crippen LogP contribution is 2.26. The summed E-state index contributed by atoms with van der Waals surface area (Å²) >= 11 is 0. The predicted octanol–water partition coefficient (Wildman–Crippen LogP) is 1.04. The number of rotatable bonds is 4. The molecular formula is C13H18FN5O2. The molecule has 0 unspecified atom stereocenters. The largest absolute Gasteiger partial charge is 0.494 e. The molecule has 2 aromatic rings. The van der Waals surface area contributed by atoms with Crippen molar-refractivity contribution in [2.45, 2.75) is 6.54 Å². The summed E-state index contributed by atoms with van der Waals surface area (Å²) in [5.41, 5.74) is 6.94. The van der Waals surface area contributed by atoms with E-state index < -0.39 is 5.82 Å². The van der Waals surface area contributed by atoms with Crippen LogP contribution in [0.1, 0.15) is 0 Å². The summed E-state index contributed by atoms with van der Waals surface area (Å²) in [5.74, 6) is -0.103. The van der Waals surface area contributed by atoms with Crippen molar-refractivity contribution < 1.29 is 13.9 Å². The first-order valence-electron chi connectivity index (χ1n) is 6.38. The zero-order valence-corrected chi connectivity index (χ0v) is 12.2. The first-order chi connectivity index (χ1) is 9.93. The summed E-state index contributed by atoms with van der Waals surface area (Å²) in [6.07, 6.45) is 0. The highest BCUT2D eigenvalue weighted by Gasteiger charge is 2.13. The standard InChI is InChI=1S/C13H18FN5O2/c1-18(2)13(20)16-4-5-19-10-7-11(21-3)8(14)6-9(10)17-12(19)15/h6-7H,4-5H2,1-3H3,(H2,15,17)(H,16,20). The number of hydrogen-bond donors (Lipinski definition) is 2. The number of halogens is 1. The molecule has 0 spiro atoms. The van der Waals surface area contributed by atoms with Crippen molar-refractivity contribution in [2.75, 3.05) is 33.5 Å². The van der Waals surface area contributed by atoms with Crippen LogP contribution >= 0.6 is 0 Å². The second-order valence-corrected chi connectivity index (χ2v) is 4.72. The number of aromatic nitrogens is 2. The number of carbonyl (C=O) groups is 1. The number of nitrogens with two attached hydrogens (primary N) is 1. The first-order valence-corrected chi connectivity index (χ1v) is 6.38. The van der Waals surface area contributed by atoms with Gasteiger partial charge < -0.3 is 25.3 Å². The van der Waals surface area contributed by atoms with Gasteiger partial charge in [0.25, 0.3) is 0 Å². The lowest BCUT2D eigenvalue weighted by Crippen LogP contribution is -2.36. The van der Waals surface area contributed by atoms with Crippen molar-refractivity contribution in [1.29, 1.82) is 0 Å². The Morgan fingerprint density at radius 3 is 2.86 bits per heavy atom. The molecule has 0 radical (unpaired) electrons. The van der Waals surface area contributed by atoms with Gasteiger partial charge in [0, 0.05) is 39.3 Å². The lowest BCUT2D eigenvalue weighted by molar-refractivity contribution is 0.217. The van der Waals surface area contributed by atoms with Crippen LogP contribution in [0.4, 0.5) is 15.1 Å². The van der Waals surface area contributed by atoms with E-state index in [9.17, 15) is 9.18 Å². The third-order valence-electron chi connectivity index (χ3n) is 3.07. The van der Waals surface area contributed by atoms with Crippen LogP contribution < -0.4 is 15.8 Å². The molecule has 114 valence electrons. The summed E-state index contributed by atoms with van der Waals surface area (Å²) in [6.45, 7) is 0.809. The smallest absolute Gasteiger partial charge is 0.316 e. The van der Waals surface area contributed by atoms with Gasteiger partial charge in [0.1, 0.15) is 0 Å². The fourth-order valence-electron chi connectivity index (χ4n) is 1.97. The van der Waals surface area contributed by atoms with Crippen molar-refractivity contribution in [2.24, 2.45) is 0 Å². The van der Waals surface area contributed by atoms with Crippen LogP contribution in [0, 0.1) is 5.82 Å². The number of anilines is 1. The van der Waals surface area contributed by atoms with E-state index in [4.69, 9.17) is 10.5 Å². The summed E-state index contributed by atoms with van der Waals surface area (Å²) in [7, 11) is 4.71. The third kappa shape index (κ3) is 2.99. The molecule has 21 heavy (non-hydrogen) atoms. The summed E-state index contributed by atoms with van der Waals surface area (Å²) in [4.78, 5) is 17.0. The van der Waals surface area contributed by atoms with E-state index in [-0.39, 0.29) is 17.7 Å². The van der Waals surface area contributed by atoms with E-state index in [0.29, 0.717) is 24.1 Å². The van der Waals surface area contributed by atoms with Gasteiger partial charge >= 0.3 is 6.03 Å². The van der Waals surface area contributed by atoms with E-state index in [2.05, 4.69) is 10.3 Å². The molecule has 2 rings (SSSR count). The number of urea groups is 1. The second kappa shape index (κ2) is 5.86. The Labute approximate surface area is 121 Å². The molecule has 0 atom stereocenters. The average molecular weight is 295 g/mol. The van der Waals surface area contributed by atoms with Crippen LogP contribution in [-0.2, 0) is 6.54 Å². The number of fused-ring (bicyclic) bond motifs is 1. The lowest BCUT2D eigenvalue weighted by atomic mass is 10.3. The van der Waals surface area contributed by atoms with Crippen molar-refractivity contribution in [3.8, 4) is 5.75 Å². The number of hydrogen-bond acceptors (Lipinski definition) is 4. The zero-order valence-electron chi connectivity index (χ0n) is 12.2. The normalized spacial score (nSPS) is 10.7. The number of methoxy groups -OCH3 is 1. The van der Waals surface area contributed by atoms with Gasteiger partial charge in [-0.2, -0.15) is 0 Å². The number of imidazole rings is 1. The average Bonchev–Trinajstić information content (AvgIpc) is 2.72. The molecule has 2 amide bonds. The van der Waals surface area contributed by atoms with Crippen molar-refractivity contribution in [1.82, 2.24) is 19.8 Å². The number of benzene rings is 1. The van der Waals surface area contributed by atoms with E-state index in [1.54, 1.807) is 24.7 Å². The van der Waals surface area contributed by atoms with Gasteiger partial charge in [-0.1, -0.05) is 0 Å². The second-order valence-electron chi connectivity index (χ2n) is 4.72. The number of amides is 2. The SMILES string of the molecule is COc1cc2c(cc1F)nc(N)n2CCNC(=O)N(C)C. The first kappa shape index (κ1) is 14.9. The number of nitrogens with zero attached hydrogens (tertiary/aromatic N) is 3. The minimum Gasteiger partial charge on any atom is -0.494 e. The number of carbonyl (C=O) groups excluding carboxylic acids is 1. The highest BCUT2D eigenvalue weighted by atomic mass is 19.1. The fourth-order valence-corrected chi connectivity index (χ4v) is 1.97. The van der Waals surface area contributed by atoms with Crippen LogP contribution in [0.2, 0.25) is 0 Å². The topological polar surface area (TPSA) is 85.4 Å². The molecule has 1 aromatic heterocycles. The fraction of sp³-hybridized carbons (Fsp3) is 0.385. The summed E-state index contributed by atoms with van der Waals surface area (Å²) in [5, 5.41) is 2.73. The molecule has 7 nitrogen and oxygen atoms in total. The minimum absolute atomic E-state index is 0.126. The molecule has 0 fully saturated rings. The van der Waals surface area contributed by atoms with Gasteiger partial charge in [-0.3, -0.25) is 0 Å². The Morgan fingerprint density at radius 2 is 2.24 bits per heavy atom. The van der Waals surface area contributed by atoms with Crippen LogP contribution in [0.5, 0.6) is 5.75 Å². The van der Waals surface area contributed by atoms with Crippen molar-refractivity contribution in [3.05, 3.63) is 17.9 Å². The molecule has 0 aliphatic heterocycles. The molecular weight excluding hydrogens is 277 g/mol. The molecule has 0 aliphatic rings. The van der Waals surface area contributed by atoms with Crippen molar-refractivity contribution >= 4 is 23.0 Å². The molecule has 0 saturated heterocycles. The van der Waals surface area contributed by atoms with Crippen molar-refractivity contribution in [3.63, 3.8) is 0 Å². The molecule has 1 aromatic carbocycles. The molecule has 0 aliphatic carbocycles. The van der Waals surface area contributed by atoms with E-state index in [0.717, 1.165) is 0 Å². The van der Waals surface area contributed by atoms with Crippen LogP contribution in [0.3, 0.4) is 0 Å². The quantitative estimate of drug-likeness (QED) is 0.882. The van der Waals surface area contributed by atoms with Gasteiger partial charge in [-0.05, 0) is 0 Å². The van der Waals surface area contributed by atoms with Gasteiger partial charge in [-0.15, -0.1) is 0 Å². The summed E-state index contributed by atoms with van der Waals surface area (Å²) in [6, 6.07) is 2.63. The Hall–Kier alpha value is -2.51. The molecule has 3 N–H and O–H groups in total. The highest BCUT2D eigenvalue weighted by molar-refractivity contribution is 5.80. The van der Waals surface area contributed by atoms with Gasteiger partial charge in [0.05, 0.1) is 18.1 Å². The van der Waals surface area contributed by atoms with Crippen LogP contribution in [0.15, 0.2) is 12.1 Å². The number of ether oxygens (including phenoxy) is 1. The lowest BCUT2D eigenvalue weighted by Gasteiger charge is -2.13. The molecule has 0 bridgehead atoms. The molecule has 8 heteroatoms. The van der Waals surface area contributed by atoms with Gasteiger partial charge in [0.15, 0.2) is 11.6 Å². The predicted molar refractivity (Wildman–Crippen MR) is 77.7 cm³/mol. The maximum atomic E-state index is 13.6. The van der Waals surface area contributed by atoms with Gasteiger partial charge in [0.2, 0.25) is 5.95 Å². The Kier molecular flexibility index (Phi) is 4.15. The van der Waals surface area contributed by atoms with E-state index >= 15 is 0 Å². The zero-order chi connectivity index (χ0) is 15.6. The summed E-state index contributed by atoms with van der Waals surface area (Å²) < 4.78 is 20.3.